The van der Waals surface area contributed by atoms with Crippen molar-refractivity contribution in [3.8, 4) is 0 Å². The van der Waals surface area contributed by atoms with Gasteiger partial charge in [0, 0.05) is 19.1 Å². The lowest BCUT2D eigenvalue weighted by Crippen LogP contribution is -2.41. The topological polar surface area (TPSA) is 58.2 Å². The third-order valence-electron chi connectivity index (χ3n) is 2.48. The summed E-state index contributed by atoms with van der Waals surface area (Å²) in [6, 6.07) is 0.300. The molecule has 0 rings (SSSR count). The smallest absolute Gasteiger partial charge is 0.212 e. The molecule has 4 nitrogen and oxygen atoms in total. The summed E-state index contributed by atoms with van der Waals surface area (Å²) in [5.74, 6) is 0.140. The van der Waals surface area contributed by atoms with Gasteiger partial charge in [-0.15, -0.1) is 0 Å². The van der Waals surface area contributed by atoms with Gasteiger partial charge in [-0.2, -0.15) is 0 Å². The van der Waals surface area contributed by atoms with E-state index in [9.17, 15) is 8.42 Å². The molecule has 0 aromatic carbocycles. The Balaban J connectivity index is 3.90. The number of hydrogen-bond donors (Lipinski definition) is 2. The van der Waals surface area contributed by atoms with Crippen LogP contribution in [0.25, 0.3) is 0 Å². The minimum Gasteiger partial charge on any atom is -0.313 e. The van der Waals surface area contributed by atoms with E-state index in [0.29, 0.717) is 19.1 Å². The maximum Gasteiger partial charge on any atom is 0.212 e. The predicted molar refractivity (Wildman–Crippen MR) is 64.4 cm³/mol. The Hall–Kier alpha value is -0.130. The second-order valence-electron chi connectivity index (χ2n) is 4.86. The molecule has 0 amide bonds. The van der Waals surface area contributed by atoms with Crippen molar-refractivity contribution in [1.82, 2.24) is 10.0 Å². The molecule has 92 valence electrons. The van der Waals surface area contributed by atoms with Gasteiger partial charge in [0.25, 0.3) is 0 Å². The van der Waals surface area contributed by atoms with Crippen molar-refractivity contribution in [3.05, 3.63) is 0 Å². The summed E-state index contributed by atoms with van der Waals surface area (Å²) in [5, 5.41) is 3.22. The van der Waals surface area contributed by atoms with Crippen LogP contribution in [0.2, 0.25) is 0 Å². The average Bonchev–Trinajstić information content (AvgIpc) is 2.01. The van der Waals surface area contributed by atoms with E-state index < -0.39 is 10.0 Å². The molecule has 0 fully saturated rings. The molecule has 1 unspecified atom stereocenters. The molecule has 0 aromatic heterocycles. The van der Waals surface area contributed by atoms with Crippen molar-refractivity contribution in [2.24, 2.45) is 5.41 Å². The predicted octanol–water partition coefficient (Wildman–Crippen LogP) is 0.950. The van der Waals surface area contributed by atoms with Crippen LogP contribution in [-0.2, 0) is 10.0 Å². The summed E-state index contributed by atoms with van der Waals surface area (Å²) in [6.07, 6.45) is 0. The highest BCUT2D eigenvalue weighted by Gasteiger charge is 2.19. The zero-order chi connectivity index (χ0) is 12.1. The first-order valence-corrected chi connectivity index (χ1v) is 7.05. The molecule has 0 bridgehead atoms. The number of sulfonamides is 1. The molecule has 0 heterocycles. The van der Waals surface area contributed by atoms with Crippen LogP contribution < -0.4 is 10.0 Å². The van der Waals surface area contributed by atoms with Crippen LogP contribution in [0.1, 0.15) is 34.6 Å². The molecular formula is C10H24N2O2S. The second kappa shape index (κ2) is 5.82. The fraction of sp³-hybridized carbons (Fsp3) is 1.00. The molecule has 5 heteroatoms. The number of nitrogens with one attached hydrogen (secondary N) is 2. The van der Waals surface area contributed by atoms with Gasteiger partial charge in [0.2, 0.25) is 10.0 Å². The minimum atomic E-state index is -3.09. The van der Waals surface area contributed by atoms with E-state index >= 15 is 0 Å². The fourth-order valence-corrected chi connectivity index (χ4v) is 1.98. The standard InChI is InChI=1S/C10H24N2O2S/c1-6-12-15(13,14)8-7-11-9(2)10(3,4)5/h9,11-12H,6-8H2,1-5H3. The van der Waals surface area contributed by atoms with Crippen LogP contribution in [0.4, 0.5) is 0 Å². The van der Waals surface area contributed by atoms with Gasteiger partial charge in [-0.25, -0.2) is 13.1 Å². The van der Waals surface area contributed by atoms with Gasteiger partial charge in [0.1, 0.15) is 0 Å². The minimum absolute atomic E-state index is 0.140. The summed E-state index contributed by atoms with van der Waals surface area (Å²) >= 11 is 0. The lowest BCUT2D eigenvalue weighted by Gasteiger charge is -2.28. The van der Waals surface area contributed by atoms with E-state index in [2.05, 4.69) is 37.7 Å². The number of hydrogen-bond acceptors (Lipinski definition) is 3. The second-order valence-corrected chi connectivity index (χ2v) is 6.79. The van der Waals surface area contributed by atoms with Crippen molar-refractivity contribution in [2.75, 3.05) is 18.8 Å². The maximum atomic E-state index is 11.3. The Morgan fingerprint density at radius 3 is 2.20 bits per heavy atom. The fourth-order valence-electron chi connectivity index (χ4n) is 1.01. The monoisotopic (exact) mass is 236 g/mol. The quantitative estimate of drug-likeness (QED) is 0.722. The summed E-state index contributed by atoms with van der Waals surface area (Å²) < 4.78 is 25.1. The normalized spacial score (nSPS) is 15.3. The first-order valence-electron chi connectivity index (χ1n) is 5.40. The summed E-state index contributed by atoms with van der Waals surface area (Å²) in [5.41, 5.74) is 0.155. The zero-order valence-corrected chi connectivity index (χ0v) is 11.2. The summed E-state index contributed by atoms with van der Waals surface area (Å²) in [6.45, 7) is 11.2. The van der Waals surface area contributed by atoms with Gasteiger partial charge in [0.05, 0.1) is 5.75 Å². The van der Waals surface area contributed by atoms with Gasteiger partial charge in [-0.05, 0) is 12.3 Å². The molecule has 15 heavy (non-hydrogen) atoms. The Labute approximate surface area is 93.9 Å². The molecule has 0 spiro atoms. The Kier molecular flexibility index (Phi) is 5.77. The Morgan fingerprint density at radius 2 is 1.80 bits per heavy atom. The van der Waals surface area contributed by atoms with Gasteiger partial charge in [0.15, 0.2) is 0 Å². The van der Waals surface area contributed by atoms with Crippen LogP contribution >= 0.6 is 0 Å². The van der Waals surface area contributed by atoms with E-state index in [4.69, 9.17) is 0 Å². The summed E-state index contributed by atoms with van der Waals surface area (Å²) in [4.78, 5) is 0. The maximum absolute atomic E-state index is 11.3. The van der Waals surface area contributed by atoms with Gasteiger partial charge < -0.3 is 5.32 Å². The lowest BCUT2D eigenvalue weighted by atomic mass is 9.88. The van der Waals surface area contributed by atoms with Crippen molar-refractivity contribution >= 4 is 10.0 Å². The Bertz CT molecular complexity index is 268. The highest BCUT2D eigenvalue weighted by Crippen LogP contribution is 2.17. The molecule has 0 saturated heterocycles. The van der Waals surface area contributed by atoms with Crippen LogP contribution in [0.5, 0.6) is 0 Å². The van der Waals surface area contributed by atoms with Crippen molar-refractivity contribution in [3.63, 3.8) is 0 Å². The van der Waals surface area contributed by atoms with Gasteiger partial charge in [-0.1, -0.05) is 27.7 Å². The molecule has 0 saturated carbocycles. The zero-order valence-electron chi connectivity index (χ0n) is 10.4. The third-order valence-corrected chi connectivity index (χ3v) is 3.95. The largest absolute Gasteiger partial charge is 0.313 e. The molecule has 0 aromatic rings. The van der Waals surface area contributed by atoms with Crippen LogP contribution in [-0.4, -0.2) is 33.3 Å². The third kappa shape index (κ3) is 6.87. The average molecular weight is 236 g/mol. The molecule has 0 aliphatic rings. The van der Waals surface area contributed by atoms with Gasteiger partial charge in [-0.3, -0.25) is 0 Å². The van der Waals surface area contributed by atoms with Crippen molar-refractivity contribution in [2.45, 2.75) is 40.7 Å². The lowest BCUT2D eigenvalue weighted by molar-refractivity contribution is 0.291. The molecule has 1 atom stereocenters. The van der Waals surface area contributed by atoms with Gasteiger partial charge >= 0.3 is 0 Å². The van der Waals surface area contributed by atoms with E-state index in [0.717, 1.165) is 0 Å². The van der Waals surface area contributed by atoms with Crippen molar-refractivity contribution in [1.29, 1.82) is 0 Å². The van der Waals surface area contributed by atoms with Crippen LogP contribution in [0.15, 0.2) is 0 Å². The van der Waals surface area contributed by atoms with E-state index in [1.165, 1.54) is 0 Å². The SMILES string of the molecule is CCNS(=O)(=O)CCNC(C)C(C)(C)C. The van der Waals surface area contributed by atoms with E-state index in [-0.39, 0.29) is 11.2 Å². The molecular weight excluding hydrogens is 212 g/mol. The van der Waals surface area contributed by atoms with Crippen LogP contribution in [0.3, 0.4) is 0 Å². The highest BCUT2D eigenvalue weighted by atomic mass is 32.2. The highest BCUT2D eigenvalue weighted by molar-refractivity contribution is 7.89. The molecule has 0 radical (unpaired) electrons. The molecule has 0 aliphatic carbocycles. The summed E-state index contributed by atoms with van der Waals surface area (Å²) in [7, 11) is -3.09. The van der Waals surface area contributed by atoms with E-state index in [1.54, 1.807) is 6.92 Å². The Morgan fingerprint density at radius 1 is 1.27 bits per heavy atom. The van der Waals surface area contributed by atoms with Crippen molar-refractivity contribution < 1.29 is 8.42 Å². The van der Waals surface area contributed by atoms with E-state index in [1.807, 2.05) is 0 Å². The first kappa shape index (κ1) is 14.9. The molecule has 2 N–H and O–H groups in total. The van der Waals surface area contributed by atoms with Crippen LogP contribution in [0, 0.1) is 5.41 Å². The molecule has 0 aliphatic heterocycles. The first-order chi connectivity index (χ1) is 6.69. The number of rotatable bonds is 6.